The Balaban J connectivity index is 2.37. The van der Waals surface area contributed by atoms with Crippen molar-refractivity contribution in [2.45, 2.75) is 13.0 Å². The third-order valence-electron chi connectivity index (χ3n) is 3.33. The van der Waals surface area contributed by atoms with Crippen molar-refractivity contribution in [2.24, 2.45) is 0 Å². The highest BCUT2D eigenvalue weighted by Crippen LogP contribution is 2.32. The van der Waals surface area contributed by atoms with Crippen molar-refractivity contribution in [3.05, 3.63) is 59.7 Å². The van der Waals surface area contributed by atoms with Crippen LogP contribution >= 0.6 is 0 Å². The molecule has 0 aliphatic rings. The standard InChI is InChI=1S/C18H21NO3/c1-13-10-11-15(16(12-13)21-4)22-17(18(20)19(2)3)14-8-6-5-7-9-14/h5-12,17H,1-4H3/t17-/m1/s1. The maximum atomic E-state index is 12.5. The minimum absolute atomic E-state index is 0.117. The van der Waals surface area contributed by atoms with Crippen molar-refractivity contribution in [3.63, 3.8) is 0 Å². The van der Waals surface area contributed by atoms with Crippen LogP contribution in [0.25, 0.3) is 0 Å². The molecule has 0 N–H and O–H groups in total. The fourth-order valence-corrected chi connectivity index (χ4v) is 2.12. The molecule has 2 rings (SSSR count). The van der Waals surface area contributed by atoms with Gasteiger partial charge in [-0.15, -0.1) is 0 Å². The minimum Gasteiger partial charge on any atom is -0.493 e. The molecule has 2 aromatic carbocycles. The maximum absolute atomic E-state index is 12.5. The topological polar surface area (TPSA) is 38.8 Å². The van der Waals surface area contributed by atoms with Gasteiger partial charge >= 0.3 is 0 Å². The monoisotopic (exact) mass is 299 g/mol. The Morgan fingerprint density at radius 1 is 1.05 bits per heavy atom. The van der Waals surface area contributed by atoms with Gasteiger partial charge in [-0.05, 0) is 24.6 Å². The van der Waals surface area contributed by atoms with Gasteiger partial charge in [-0.3, -0.25) is 4.79 Å². The van der Waals surface area contributed by atoms with Crippen LogP contribution in [0.5, 0.6) is 11.5 Å². The van der Waals surface area contributed by atoms with E-state index >= 15 is 0 Å². The Bertz CT molecular complexity index is 638. The predicted molar refractivity (Wildman–Crippen MR) is 86.2 cm³/mol. The van der Waals surface area contributed by atoms with Crippen molar-refractivity contribution in [2.75, 3.05) is 21.2 Å². The number of likely N-dealkylation sites (N-methyl/N-ethyl adjacent to an activating group) is 1. The number of carbonyl (C=O) groups excluding carboxylic acids is 1. The van der Waals surface area contributed by atoms with Gasteiger partial charge < -0.3 is 14.4 Å². The zero-order valence-electron chi connectivity index (χ0n) is 13.4. The smallest absolute Gasteiger partial charge is 0.267 e. The molecule has 0 aromatic heterocycles. The molecule has 4 nitrogen and oxygen atoms in total. The molecule has 0 heterocycles. The number of methoxy groups -OCH3 is 1. The van der Waals surface area contributed by atoms with Crippen LogP contribution in [0.1, 0.15) is 17.2 Å². The van der Waals surface area contributed by atoms with Crippen molar-refractivity contribution in [1.82, 2.24) is 4.90 Å². The van der Waals surface area contributed by atoms with E-state index in [1.54, 1.807) is 21.2 Å². The Hall–Kier alpha value is -2.49. The van der Waals surface area contributed by atoms with E-state index in [1.165, 1.54) is 4.90 Å². The van der Waals surface area contributed by atoms with Crippen LogP contribution in [0.3, 0.4) is 0 Å². The zero-order valence-corrected chi connectivity index (χ0v) is 13.4. The normalized spacial score (nSPS) is 11.6. The van der Waals surface area contributed by atoms with Crippen LogP contribution < -0.4 is 9.47 Å². The first kappa shape index (κ1) is 15.9. The van der Waals surface area contributed by atoms with Gasteiger partial charge in [0, 0.05) is 19.7 Å². The van der Waals surface area contributed by atoms with E-state index in [2.05, 4.69) is 0 Å². The third-order valence-corrected chi connectivity index (χ3v) is 3.33. The Kier molecular flexibility index (Phi) is 5.04. The Morgan fingerprint density at radius 3 is 2.32 bits per heavy atom. The highest BCUT2D eigenvalue weighted by atomic mass is 16.5. The second-order valence-corrected chi connectivity index (χ2v) is 5.30. The summed E-state index contributed by atoms with van der Waals surface area (Å²) in [5, 5.41) is 0. The van der Waals surface area contributed by atoms with Crippen LogP contribution in [0, 0.1) is 6.92 Å². The molecular formula is C18H21NO3. The number of rotatable bonds is 5. The molecule has 0 saturated heterocycles. The molecule has 116 valence electrons. The lowest BCUT2D eigenvalue weighted by atomic mass is 10.1. The summed E-state index contributed by atoms with van der Waals surface area (Å²) in [4.78, 5) is 14.0. The lowest BCUT2D eigenvalue weighted by Gasteiger charge is -2.23. The number of carbonyl (C=O) groups is 1. The number of amides is 1. The molecule has 22 heavy (non-hydrogen) atoms. The van der Waals surface area contributed by atoms with Crippen molar-refractivity contribution < 1.29 is 14.3 Å². The summed E-state index contributed by atoms with van der Waals surface area (Å²) in [5.41, 5.74) is 1.88. The first-order valence-electron chi connectivity index (χ1n) is 7.10. The number of nitrogens with zero attached hydrogens (tertiary/aromatic N) is 1. The molecule has 1 atom stereocenters. The molecule has 0 aliphatic carbocycles. The lowest BCUT2D eigenvalue weighted by molar-refractivity contribution is -0.136. The molecule has 0 bridgehead atoms. The van der Waals surface area contributed by atoms with Gasteiger partial charge in [-0.25, -0.2) is 0 Å². The van der Waals surface area contributed by atoms with E-state index in [0.29, 0.717) is 11.5 Å². The highest BCUT2D eigenvalue weighted by molar-refractivity contribution is 5.82. The molecule has 0 radical (unpaired) electrons. The number of hydrogen-bond donors (Lipinski definition) is 0. The molecule has 1 amide bonds. The van der Waals surface area contributed by atoms with E-state index in [9.17, 15) is 4.79 Å². The summed E-state index contributed by atoms with van der Waals surface area (Å²) < 4.78 is 11.3. The van der Waals surface area contributed by atoms with E-state index in [0.717, 1.165) is 11.1 Å². The van der Waals surface area contributed by atoms with Gasteiger partial charge in [0.15, 0.2) is 11.5 Å². The van der Waals surface area contributed by atoms with Crippen molar-refractivity contribution in [1.29, 1.82) is 0 Å². The molecule has 0 fully saturated rings. The molecule has 0 unspecified atom stereocenters. The summed E-state index contributed by atoms with van der Waals surface area (Å²) in [6.07, 6.45) is -0.701. The Labute approximate surface area is 131 Å². The van der Waals surface area contributed by atoms with Crippen LogP contribution in [-0.2, 0) is 4.79 Å². The van der Waals surface area contributed by atoms with Crippen LogP contribution in [0.15, 0.2) is 48.5 Å². The number of ether oxygens (including phenoxy) is 2. The van der Waals surface area contributed by atoms with Crippen LogP contribution in [0.4, 0.5) is 0 Å². The largest absolute Gasteiger partial charge is 0.493 e. The van der Waals surface area contributed by atoms with E-state index in [1.807, 2.05) is 55.5 Å². The van der Waals surface area contributed by atoms with Crippen molar-refractivity contribution >= 4 is 5.91 Å². The van der Waals surface area contributed by atoms with Crippen LogP contribution in [-0.4, -0.2) is 32.0 Å². The van der Waals surface area contributed by atoms with E-state index < -0.39 is 6.10 Å². The third kappa shape index (κ3) is 3.58. The first-order chi connectivity index (χ1) is 10.5. The SMILES string of the molecule is COc1cc(C)ccc1O[C@@H](C(=O)N(C)C)c1ccccc1. The van der Waals surface area contributed by atoms with Gasteiger partial charge in [0.2, 0.25) is 6.10 Å². The zero-order chi connectivity index (χ0) is 16.1. The lowest BCUT2D eigenvalue weighted by Crippen LogP contribution is -2.31. The van der Waals surface area contributed by atoms with Gasteiger partial charge in [-0.1, -0.05) is 36.4 Å². The second-order valence-electron chi connectivity index (χ2n) is 5.30. The average Bonchev–Trinajstić information content (AvgIpc) is 2.53. The molecule has 0 saturated carbocycles. The van der Waals surface area contributed by atoms with Crippen molar-refractivity contribution in [3.8, 4) is 11.5 Å². The van der Waals surface area contributed by atoms with E-state index in [4.69, 9.17) is 9.47 Å². The maximum Gasteiger partial charge on any atom is 0.267 e. The summed E-state index contributed by atoms with van der Waals surface area (Å²) in [7, 11) is 5.02. The van der Waals surface area contributed by atoms with Gasteiger partial charge in [0.25, 0.3) is 5.91 Å². The second kappa shape index (κ2) is 6.98. The molecule has 0 spiro atoms. The fraction of sp³-hybridized carbons (Fsp3) is 0.278. The molecular weight excluding hydrogens is 278 g/mol. The summed E-state index contributed by atoms with van der Waals surface area (Å²) in [6, 6.07) is 15.1. The van der Waals surface area contributed by atoms with Crippen LogP contribution in [0.2, 0.25) is 0 Å². The summed E-state index contributed by atoms with van der Waals surface area (Å²) >= 11 is 0. The molecule has 4 heteroatoms. The van der Waals surface area contributed by atoms with Gasteiger partial charge in [0.1, 0.15) is 0 Å². The average molecular weight is 299 g/mol. The summed E-state index contributed by atoms with van der Waals surface area (Å²) in [5.74, 6) is 1.05. The first-order valence-corrected chi connectivity index (χ1v) is 7.10. The Morgan fingerprint density at radius 2 is 1.73 bits per heavy atom. The van der Waals surface area contributed by atoms with Gasteiger partial charge in [0.05, 0.1) is 7.11 Å². The number of benzene rings is 2. The molecule has 2 aromatic rings. The predicted octanol–water partition coefficient (Wildman–Crippen LogP) is 3.21. The fourth-order valence-electron chi connectivity index (χ4n) is 2.12. The number of hydrogen-bond acceptors (Lipinski definition) is 3. The summed E-state index contributed by atoms with van der Waals surface area (Å²) in [6.45, 7) is 1.98. The molecule has 0 aliphatic heterocycles. The highest BCUT2D eigenvalue weighted by Gasteiger charge is 2.25. The quantitative estimate of drug-likeness (QED) is 0.851. The van der Waals surface area contributed by atoms with E-state index in [-0.39, 0.29) is 5.91 Å². The minimum atomic E-state index is -0.701. The van der Waals surface area contributed by atoms with Gasteiger partial charge in [-0.2, -0.15) is 0 Å². The number of aryl methyl sites for hydroxylation is 1.